The molecular weight excluding hydrogens is 164 g/mol. The average molecular weight is 178 g/mol. The Labute approximate surface area is 67.7 Å². The first-order valence-corrected chi connectivity index (χ1v) is 5.77. The molecule has 4 nitrogen and oxygen atoms in total. The Balaban J connectivity index is 3.96. The summed E-state index contributed by atoms with van der Waals surface area (Å²) >= 11 is 0. The highest BCUT2D eigenvalue weighted by molar-refractivity contribution is 6.68. The van der Waals surface area contributed by atoms with Crippen LogP contribution in [-0.2, 0) is 18.4 Å². The smallest absolute Gasteiger partial charge is 0.345 e. The van der Waals surface area contributed by atoms with Crippen LogP contribution in [-0.4, -0.2) is 35.9 Å². The molecule has 0 amide bonds. The zero-order valence-corrected chi connectivity index (χ0v) is 8.34. The van der Waals surface area contributed by atoms with E-state index in [0.717, 1.165) is 0 Å². The molecule has 0 aromatic carbocycles. The first-order valence-electron chi connectivity index (χ1n) is 3.25. The van der Waals surface area contributed by atoms with Gasteiger partial charge in [0.05, 0.1) is 13.2 Å². The minimum atomic E-state index is -2.26. The molecule has 0 aliphatic carbocycles. The van der Waals surface area contributed by atoms with E-state index in [1.807, 2.05) is 6.55 Å². The van der Waals surface area contributed by atoms with Crippen molar-refractivity contribution in [3.05, 3.63) is 0 Å². The van der Waals surface area contributed by atoms with Gasteiger partial charge in [0.15, 0.2) is 0 Å². The number of ether oxygens (including phenoxy) is 1. The summed E-state index contributed by atoms with van der Waals surface area (Å²) in [5.41, 5.74) is 0. The molecule has 0 unspecified atom stereocenters. The van der Waals surface area contributed by atoms with Gasteiger partial charge in [-0.25, -0.2) is 0 Å². The molecule has 0 rings (SSSR count). The minimum absolute atomic E-state index is 0.233. The molecule has 0 fully saturated rings. The predicted octanol–water partition coefficient (Wildman–Crippen LogP) is 0.524. The van der Waals surface area contributed by atoms with Crippen LogP contribution in [0.2, 0.25) is 12.6 Å². The molecule has 0 bridgehead atoms. The summed E-state index contributed by atoms with van der Waals surface area (Å²) in [6.45, 7) is 1.81. The van der Waals surface area contributed by atoms with Crippen LogP contribution >= 0.6 is 0 Å². The molecule has 0 aromatic rings. The van der Waals surface area contributed by atoms with Crippen LogP contribution < -0.4 is 0 Å². The maximum Gasteiger partial charge on any atom is 0.345 e. The van der Waals surface area contributed by atoms with Crippen LogP contribution in [0.4, 0.5) is 0 Å². The second-order valence-electron chi connectivity index (χ2n) is 2.29. The fraction of sp³-hybridized carbons (Fsp3) is 0.833. The van der Waals surface area contributed by atoms with Gasteiger partial charge in [0.1, 0.15) is 0 Å². The van der Waals surface area contributed by atoms with Gasteiger partial charge < -0.3 is 13.6 Å². The van der Waals surface area contributed by atoms with E-state index in [1.54, 1.807) is 14.2 Å². The summed E-state index contributed by atoms with van der Waals surface area (Å²) in [6, 6.07) is 0.233. The van der Waals surface area contributed by atoms with Gasteiger partial charge in [0.25, 0.3) is 0 Å². The van der Waals surface area contributed by atoms with Gasteiger partial charge >= 0.3 is 14.5 Å². The average Bonchev–Trinajstić information content (AvgIpc) is 2.04. The van der Waals surface area contributed by atoms with E-state index in [4.69, 9.17) is 8.85 Å². The number of methoxy groups -OCH3 is 1. The van der Waals surface area contributed by atoms with Crippen molar-refractivity contribution in [1.29, 1.82) is 0 Å². The van der Waals surface area contributed by atoms with E-state index in [-0.39, 0.29) is 12.0 Å². The molecule has 5 heteroatoms. The molecule has 0 saturated heterocycles. The van der Waals surface area contributed by atoms with Crippen LogP contribution in [0.5, 0.6) is 0 Å². The second-order valence-corrected chi connectivity index (χ2v) is 5.73. The van der Waals surface area contributed by atoms with Gasteiger partial charge in [-0.3, -0.25) is 4.79 Å². The lowest BCUT2D eigenvalue weighted by Gasteiger charge is -2.20. The predicted molar refractivity (Wildman–Crippen MR) is 42.5 cm³/mol. The third-order valence-corrected chi connectivity index (χ3v) is 4.21. The van der Waals surface area contributed by atoms with Crippen LogP contribution in [0.1, 0.15) is 0 Å². The Bertz CT molecular complexity index is 133. The molecule has 0 atom stereocenters. The van der Waals surface area contributed by atoms with Crippen molar-refractivity contribution in [1.82, 2.24) is 0 Å². The summed E-state index contributed by atoms with van der Waals surface area (Å²) in [5, 5.41) is 0. The third kappa shape index (κ3) is 3.50. The molecule has 0 aliphatic rings. The molecule has 0 saturated carbocycles. The van der Waals surface area contributed by atoms with Crippen molar-refractivity contribution in [2.75, 3.05) is 21.3 Å². The van der Waals surface area contributed by atoms with Gasteiger partial charge in [-0.15, -0.1) is 0 Å². The Morgan fingerprint density at radius 2 is 1.73 bits per heavy atom. The fourth-order valence-electron chi connectivity index (χ4n) is 0.562. The van der Waals surface area contributed by atoms with Crippen LogP contribution in [0, 0.1) is 0 Å². The highest BCUT2D eigenvalue weighted by atomic mass is 28.4. The molecule has 0 heterocycles. The topological polar surface area (TPSA) is 44.8 Å². The summed E-state index contributed by atoms with van der Waals surface area (Å²) in [4.78, 5) is 10.8. The summed E-state index contributed by atoms with van der Waals surface area (Å²) in [6.07, 6.45) is 0. The van der Waals surface area contributed by atoms with Crippen molar-refractivity contribution in [2.45, 2.75) is 12.6 Å². The summed E-state index contributed by atoms with van der Waals surface area (Å²) < 4.78 is 14.6. The third-order valence-electron chi connectivity index (χ3n) is 1.56. The lowest BCUT2D eigenvalue weighted by Crippen LogP contribution is -2.38. The number of carbonyl (C=O) groups is 1. The number of hydrogen-bond acceptors (Lipinski definition) is 4. The summed E-state index contributed by atoms with van der Waals surface area (Å²) in [5.74, 6) is -0.289. The Morgan fingerprint density at radius 3 is 2.00 bits per heavy atom. The normalized spacial score (nSPS) is 11.3. The van der Waals surface area contributed by atoms with Crippen LogP contribution in [0.3, 0.4) is 0 Å². The SMILES string of the molecule is COC(=O)C[Si](C)(OC)OC. The van der Waals surface area contributed by atoms with E-state index in [0.29, 0.717) is 0 Å². The maximum atomic E-state index is 10.8. The van der Waals surface area contributed by atoms with E-state index < -0.39 is 8.56 Å². The molecule has 66 valence electrons. The molecule has 0 aromatic heterocycles. The van der Waals surface area contributed by atoms with Gasteiger partial charge in [-0.1, -0.05) is 0 Å². The van der Waals surface area contributed by atoms with E-state index in [9.17, 15) is 4.79 Å². The van der Waals surface area contributed by atoms with Gasteiger partial charge in [-0.2, -0.15) is 0 Å². The zero-order chi connectivity index (χ0) is 8.91. The maximum absolute atomic E-state index is 10.8. The standard InChI is InChI=1S/C6H14O4Si/c1-8-6(7)5-11(4,9-2)10-3/h5H2,1-4H3. The lowest BCUT2D eigenvalue weighted by atomic mass is 10.8. The highest BCUT2D eigenvalue weighted by Crippen LogP contribution is 2.11. The molecule has 11 heavy (non-hydrogen) atoms. The molecule has 0 aliphatic heterocycles. The Kier molecular flexibility index (Phi) is 4.32. The number of hydrogen-bond donors (Lipinski definition) is 0. The van der Waals surface area contributed by atoms with Crippen molar-refractivity contribution < 1.29 is 18.4 Å². The number of rotatable bonds is 4. The first-order chi connectivity index (χ1) is 5.08. The molecule has 0 N–H and O–H groups in total. The van der Waals surface area contributed by atoms with E-state index in [1.165, 1.54) is 7.11 Å². The number of esters is 1. The van der Waals surface area contributed by atoms with Gasteiger partial charge in [0, 0.05) is 14.2 Å². The van der Waals surface area contributed by atoms with Crippen molar-refractivity contribution in [3.8, 4) is 0 Å². The minimum Gasteiger partial charge on any atom is -0.469 e. The molecule has 0 spiro atoms. The van der Waals surface area contributed by atoms with Crippen molar-refractivity contribution >= 4 is 14.5 Å². The fourth-order valence-corrected chi connectivity index (χ4v) is 1.69. The molecular formula is C6H14O4Si. The Morgan fingerprint density at radius 1 is 1.27 bits per heavy atom. The largest absolute Gasteiger partial charge is 0.469 e. The highest BCUT2D eigenvalue weighted by Gasteiger charge is 2.32. The van der Waals surface area contributed by atoms with Crippen LogP contribution in [0.15, 0.2) is 0 Å². The quantitative estimate of drug-likeness (QED) is 0.465. The first kappa shape index (κ1) is 10.6. The van der Waals surface area contributed by atoms with Crippen LogP contribution in [0.25, 0.3) is 0 Å². The van der Waals surface area contributed by atoms with Crippen molar-refractivity contribution in [3.63, 3.8) is 0 Å². The lowest BCUT2D eigenvalue weighted by molar-refractivity contribution is -0.138. The second kappa shape index (κ2) is 4.48. The Hall–Kier alpha value is -0.393. The van der Waals surface area contributed by atoms with Crippen molar-refractivity contribution in [2.24, 2.45) is 0 Å². The van der Waals surface area contributed by atoms with Gasteiger partial charge in [-0.05, 0) is 6.55 Å². The monoisotopic (exact) mass is 178 g/mol. The summed E-state index contributed by atoms with van der Waals surface area (Å²) in [7, 11) is 2.17. The zero-order valence-electron chi connectivity index (χ0n) is 7.34. The number of carbonyl (C=O) groups excluding carboxylic acids is 1. The van der Waals surface area contributed by atoms with E-state index in [2.05, 4.69) is 4.74 Å². The van der Waals surface area contributed by atoms with Gasteiger partial charge in [0.2, 0.25) is 0 Å². The van der Waals surface area contributed by atoms with E-state index >= 15 is 0 Å². The molecule has 0 radical (unpaired) electrons.